The number of carbonyl (C=O) groups is 1. The predicted molar refractivity (Wildman–Crippen MR) is 129 cm³/mol. The van der Waals surface area contributed by atoms with Gasteiger partial charge in [-0.2, -0.15) is 0 Å². The van der Waals surface area contributed by atoms with Crippen molar-refractivity contribution in [3.8, 4) is 11.1 Å². The second-order valence-electron chi connectivity index (χ2n) is 9.72. The Morgan fingerprint density at radius 2 is 1.70 bits per heavy atom. The van der Waals surface area contributed by atoms with Crippen molar-refractivity contribution in [1.82, 2.24) is 9.55 Å². The highest BCUT2D eigenvalue weighted by atomic mass is 19.1. The quantitative estimate of drug-likeness (QED) is 0.351. The summed E-state index contributed by atoms with van der Waals surface area (Å²) in [5.41, 5.74) is -0.537. The zero-order valence-corrected chi connectivity index (χ0v) is 20.4. The van der Waals surface area contributed by atoms with Crippen LogP contribution in [0.3, 0.4) is 0 Å². The summed E-state index contributed by atoms with van der Waals surface area (Å²) in [5.74, 6) is 0.120. The number of H-pyrrole nitrogens is 1. The van der Waals surface area contributed by atoms with E-state index in [9.17, 15) is 18.8 Å². The fraction of sp³-hybridized carbons (Fsp3) is 0.577. The molecule has 0 fully saturated rings. The van der Waals surface area contributed by atoms with Crippen LogP contribution in [0.25, 0.3) is 11.1 Å². The maximum absolute atomic E-state index is 13.2. The topological polar surface area (TPSA) is 81.2 Å². The molecule has 1 aromatic heterocycles. The summed E-state index contributed by atoms with van der Waals surface area (Å²) >= 11 is 0. The number of aromatic amines is 1. The molecule has 0 aliphatic carbocycles. The van der Waals surface area contributed by atoms with E-state index in [0.717, 1.165) is 32.1 Å². The summed E-state index contributed by atoms with van der Waals surface area (Å²) in [5, 5.41) is 0. The molecule has 0 saturated carbocycles. The van der Waals surface area contributed by atoms with E-state index < -0.39 is 16.7 Å². The minimum Gasteiger partial charge on any atom is -0.465 e. The van der Waals surface area contributed by atoms with Crippen LogP contribution in [-0.4, -0.2) is 22.1 Å². The second kappa shape index (κ2) is 12.0. The number of hydrogen-bond acceptors (Lipinski definition) is 4. The molecule has 1 atom stereocenters. The fourth-order valence-electron chi connectivity index (χ4n) is 3.98. The Bertz CT molecular complexity index is 1020. The molecule has 0 radical (unpaired) electrons. The number of aromatic nitrogens is 2. The SMILES string of the molecule is CC(C)CC(C)(C(=O)OCCCCCCn1cc(-c2ccc(F)cc2)c(=O)[nH]c1=O)C(C)C. The van der Waals surface area contributed by atoms with Gasteiger partial charge in [-0.25, -0.2) is 9.18 Å². The van der Waals surface area contributed by atoms with Crippen molar-refractivity contribution >= 4 is 5.97 Å². The second-order valence-corrected chi connectivity index (χ2v) is 9.72. The molecule has 7 heteroatoms. The molecule has 2 rings (SSSR count). The van der Waals surface area contributed by atoms with Crippen LogP contribution in [0.2, 0.25) is 0 Å². The molecular formula is C26H37FN2O4. The Morgan fingerprint density at radius 1 is 1.06 bits per heavy atom. The summed E-state index contributed by atoms with van der Waals surface area (Å²) in [6.07, 6.45) is 5.58. The van der Waals surface area contributed by atoms with Crippen LogP contribution in [0.5, 0.6) is 0 Å². The lowest BCUT2D eigenvalue weighted by atomic mass is 9.73. The average molecular weight is 461 g/mol. The molecule has 0 spiro atoms. The van der Waals surface area contributed by atoms with Gasteiger partial charge in [0.1, 0.15) is 5.82 Å². The smallest absolute Gasteiger partial charge is 0.328 e. The number of rotatable bonds is 12. The molecule has 0 amide bonds. The number of hydrogen-bond donors (Lipinski definition) is 1. The predicted octanol–water partition coefficient (Wildman–Crippen LogP) is 5.15. The van der Waals surface area contributed by atoms with E-state index in [4.69, 9.17) is 4.74 Å². The number of halogens is 1. The van der Waals surface area contributed by atoms with Crippen molar-refractivity contribution in [2.75, 3.05) is 6.61 Å². The number of ether oxygens (including phenoxy) is 1. The lowest BCUT2D eigenvalue weighted by molar-refractivity contribution is -0.159. The van der Waals surface area contributed by atoms with Crippen molar-refractivity contribution in [1.29, 1.82) is 0 Å². The largest absolute Gasteiger partial charge is 0.465 e. The van der Waals surface area contributed by atoms with Gasteiger partial charge in [0.15, 0.2) is 0 Å². The van der Waals surface area contributed by atoms with E-state index in [2.05, 4.69) is 32.7 Å². The highest BCUT2D eigenvalue weighted by Crippen LogP contribution is 2.35. The van der Waals surface area contributed by atoms with Crippen LogP contribution in [-0.2, 0) is 16.1 Å². The third kappa shape index (κ3) is 7.41. The van der Waals surface area contributed by atoms with Gasteiger partial charge in [-0.15, -0.1) is 0 Å². The summed E-state index contributed by atoms with van der Waals surface area (Å²) < 4.78 is 20.2. The van der Waals surface area contributed by atoms with Gasteiger partial charge in [-0.3, -0.25) is 19.1 Å². The standard InChI is InChI=1S/C26H37FN2O4/c1-18(2)16-26(5,19(3)4)24(31)33-15-9-7-6-8-14-29-17-22(23(30)28-25(29)32)20-10-12-21(27)13-11-20/h10-13,17-19H,6-9,14-16H2,1-5H3,(H,28,30,32). The Morgan fingerprint density at radius 3 is 2.30 bits per heavy atom. The normalized spacial score (nSPS) is 13.3. The van der Waals surface area contributed by atoms with E-state index >= 15 is 0 Å². The maximum atomic E-state index is 13.2. The minimum atomic E-state index is -0.490. The molecule has 1 unspecified atom stereocenters. The molecule has 1 heterocycles. The summed E-state index contributed by atoms with van der Waals surface area (Å²) in [6, 6.07) is 5.59. The minimum absolute atomic E-state index is 0.126. The van der Waals surface area contributed by atoms with Gasteiger partial charge in [-0.1, -0.05) is 46.2 Å². The molecule has 33 heavy (non-hydrogen) atoms. The number of carbonyl (C=O) groups excluding carboxylic acids is 1. The first-order chi connectivity index (χ1) is 15.5. The van der Waals surface area contributed by atoms with Gasteiger partial charge in [0, 0.05) is 12.7 Å². The molecule has 1 aromatic carbocycles. The molecule has 0 aliphatic heterocycles. The molecule has 0 aliphatic rings. The highest BCUT2D eigenvalue weighted by Gasteiger charge is 2.38. The van der Waals surface area contributed by atoms with Gasteiger partial charge in [-0.05, 0) is 62.1 Å². The fourth-order valence-corrected chi connectivity index (χ4v) is 3.98. The first-order valence-corrected chi connectivity index (χ1v) is 11.8. The number of esters is 1. The summed E-state index contributed by atoms with van der Waals surface area (Å²) in [6.45, 7) is 11.2. The monoisotopic (exact) mass is 460 g/mol. The first kappa shape index (κ1) is 26.6. The average Bonchev–Trinajstić information content (AvgIpc) is 2.74. The van der Waals surface area contributed by atoms with Gasteiger partial charge in [0.25, 0.3) is 5.56 Å². The lowest BCUT2D eigenvalue weighted by Gasteiger charge is -2.32. The zero-order valence-electron chi connectivity index (χ0n) is 20.4. The molecule has 0 bridgehead atoms. The summed E-state index contributed by atoms with van der Waals surface area (Å²) in [7, 11) is 0. The van der Waals surface area contributed by atoms with Crippen LogP contribution in [0.4, 0.5) is 4.39 Å². The molecule has 6 nitrogen and oxygen atoms in total. The Kier molecular flexibility index (Phi) is 9.62. The van der Waals surface area contributed by atoms with E-state index in [1.807, 2.05) is 6.92 Å². The zero-order chi connectivity index (χ0) is 24.6. The first-order valence-electron chi connectivity index (χ1n) is 11.8. The van der Waals surface area contributed by atoms with Gasteiger partial charge in [0.2, 0.25) is 0 Å². The van der Waals surface area contributed by atoms with Crippen LogP contribution in [0.1, 0.15) is 66.7 Å². The van der Waals surface area contributed by atoms with E-state index in [0.29, 0.717) is 30.2 Å². The van der Waals surface area contributed by atoms with Crippen molar-refractivity contribution in [2.45, 2.75) is 73.3 Å². The molecule has 2 aromatic rings. The van der Waals surface area contributed by atoms with Crippen molar-refractivity contribution in [2.24, 2.45) is 17.3 Å². The van der Waals surface area contributed by atoms with Crippen LogP contribution < -0.4 is 11.2 Å². The maximum Gasteiger partial charge on any atom is 0.328 e. The van der Waals surface area contributed by atoms with Crippen LogP contribution >= 0.6 is 0 Å². The van der Waals surface area contributed by atoms with Gasteiger partial charge >= 0.3 is 11.7 Å². The lowest BCUT2D eigenvalue weighted by Crippen LogP contribution is -2.36. The van der Waals surface area contributed by atoms with Crippen LogP contribution in [0.15, 0.2) is 40.1 Å². The van der Waals surface area contributed by atoms with Crippen LogP contribution in [0, 0.1) is 23.1 Å². The molecule has 182 valence electrons. The van der Waals surface area contributed by atoms with Crippen molar-refractivity contribution in [3.05, 3.63) is 57.1 Å². The summed E-state index contributed by atoms with van der Waals surface area (Å²) in [4.78, 5) is 39.3. The number of benzene rings is 1. The Balaban J connectivity index is 1.82. The van der Waals surface area contributed by atoms with Gasteiger partial charge in [0.05, 0.1) is 17.6 Å². The number of unbranched alkanes of at least 4 members (excludes halogenated alkanes) is 3. The van der Waals surface area contributed by atoms with E-state index in [1.165, 1.54) is 35.0 Å². The van der Waals surface area contributed by atoms with Crippen molar-refractivity contribution < 1.29 is 13.9 Å². The van der Waals surface area contributed by atoms with E-state index in [-0.39, 0.29) is 17.7 Å². The molecular weight excluding hydrogens is 423 g/mol. The van der Waals surface area contributed by atoms with E-state index in [1.54, 1.807) is 0 Å². The highest BCUT2D eigenvalue weighted by molar-refractivity contribution is 5.76. The number of nitrogens with zero attached hydrogens (tertiary/aromatic N) is 1. The third-order valence-electron chi connectivity index (χ3n) is 6.27. The number of nitrogens with one attached hydrogen (secondary N) is 1. The Labute approximate surface area is 195 Å². The number of aryl methyl sites for hydroxylation is 1. The molecule has 0 saturated heterocycles. The molecule has 1 N–H and O–H groups in total. The third-order valence-corrected chi connectivity index (χ3v) is 6.27. The van der Waals surface area contributed by atoms with Crippen molar-refractivity contribution in [3.63, 3.8) is 0 Å². The van der Waals surface area contributed by atoms with Gasteiger partial charge < -0.3 is 4.74 Å². The Hall–Kier alpha value is -2.70.